The van der Waals surface area contributed by atoms with E-state index in [1.807, 2.05) is 13.8 Å². The molecule has 0 unspecified atom stereocenters. The predicted molar refractivity (Wildman–Crippen MR) is 56.0 cm³/mol. The molecule has 1 rings (SSSR count). The molecule has 15 heavy (non-hydrogen) atoms. The van der Waals surface area contributed by atoms with Crippen molar-refractivity contribution in [2.24, 2.45) is 11.8 Å². The number of Topliss-reactive ketones (excluding diaryl/α,β-unsaturated/α-hetero) is 1. The van der Waals surface area contributed by atoms with E-state index in [0.29, 0.717) is 12.8 Å². The fraction of sp³-hybridized carbons (Fsp3) is 0.917. The Morgan fingerprint density at radius 2 is 1.73 bits per heavy atom. The average molecular weight is 218 g/mol. The quantitative estimate of drug-likeness (QED) is 0.701. The number of carbonyl (C=O) groups excluding carboxylic acids is 1. The maximum Gasteiger partial charge on any atom is 0.248 e. The Labute approximate surface area is 90.2 Å². The Bertz CT molecular complexity index is 212. The molecule has 0 aromatic carbocycles. The van der Waals surface area contributed by atoms with Gasteiger partial charge in [-0.3, -0.25) is 4.79 Å². The van der Waals surface area contributed by atoms with Gasteiger partial charge in [0.15, 0.2) is 0 Å². The Morgan fingerprint density at radius 3 is 2.13 bits per heavy atom. The average Bonchev–Trinajstić information content (AvgIpc) is 2.19. The molecule has 1 fully saturated rings. The van der Waals surface area contributed by atoms with Crippen LogP contribution in [0.5, 0.6) is 0 Å². The maximum absolute atomic E-state index is 12.9. The highest BCUT2D eigenvalue weighted by molar-refractivity contribution is 5.83. The van der Waals surface area contributed by atoms with Gasteiger partial charge in [0.25, 0.3) is 0 Å². The monoisotopic (exact) mass is 218 g/mol. The van der Waals surface area contributed by atoms with Crippen LogP contribution in [0.25, 0.3) is 0 Å². The molecule has 0 atom stereocenters. The molecule has 88 valence electrons. The van der Waals surface area contributed by atoms with Gasteiger partial charge in [0.05, 0.1) is 0 Å². The van der Waals surface area contributed by atoms with Crippen molar-refractivity contribution in [1.29, 1.82) is 0 Å². The minimum atomic E-state index is -2.52. The molecule has 0 amide bonds. The van der Waals surface area contributed by atoms with Gasteiger partial charge in [-0.05, 0) is 25.7 Å². The van der Waals surface area contributed by atoms with Crippen LogP contribution in [0.2, 0.25) is 0 Å². The predicted octanol–water partition coefficient (Wildman–Crippen LogP) is 3.82. The molecule has 0 aromatic heterocycles. The number of rotatable bonds is 4. The van der Waals surface area contributed by atoms with Gasteiger partial charge >= 0.3 is 0 Å². The van der Waals surface area contributed by atoms with Crippen LogP contribution in [0.3, 0.4) is 0 Å². The van der Waals surface area contributed by atoms with Gasteiger partial charge in [0.2, 0.25) is 5.92 Å². The van der Waals surface area contributed by atoms with Crippen LogP contribution in [-0.2, 0) is 4.79 Å². The lowest BCUT2D eigenvalue weighted by molar-refractivity contribution is -0.131. The van der Waals surface area contributed by atoms with Gasteiger partial charge in [0.1, 0.15) is 5.78 Å². The van der Waals surface area contributed by atoms with E-state index in [-0.39, 0.29) is 30.5 Å². The summed E-state index contributed by atoms with van der Waals surface area (Å²) >= 11 is 0. The van der Waals surface area contributed by atoms with E-state index in [1.165, 1.54) is 0 Å². The van der Waals surface area contributed by atoms with Crippen LogP contribution in [0.1, 0.15) is 52.4 Å². The van der Waals surface area contributed by atoms with Crippen molar-refractivity contribution < 1.29 is 13.6 Å². The second-order valence-corrected chi connectivity index (χ2v) is 4.55. The SMILES string of the molecule is CCC(CC)C(=O)C1CCC(F)(F)CC1. The highest BCUT2D eigenvalue weighted by Crippen LogP contribution is 2.37. The second kappa shape index (κ2) is 5.04. The molecule has 0 aliphatic heterocycles. The molecule has 3 heteroatoms. The molecule has 0 radical (unpaired) electrons. The minimum absolute atomic E-state index is 0.0849. The molecule has 0 bridgehead atoms. The highest BCUT2D eigenvalue weighted by atomic mass is 19.3. The van der Waals surface area contributed by atoms with Crippen LogP contribution in [0.15, 0.2) is 0 Å². The van der Waals surface area contributed by atoms with Gasteiger partial charge < -0.3 is 0 Å². The zero-order valence-corrected chi connectivity index (χ0v) is 9.56. The maximum atomic E-state index is 12.9. The lowest BCUT2D eigenvalue weighted by Crippen LogP contribution is -2.31. The number of ketones is 1. The number of hydrogen-bond donors (Lipinski definition) is 0. The van der Waals surface area contributed by atoms with Crippen LogP contribution < -0.4 is 0 Å². The summed E-state index contributed by atoms with van der Waals surface area (Å²) in [6, 6.07) is 0. The van der Waals surface area contributed by atoms with Crippen LogP contribution in [0.4, 0.5) is 8.78 Å². The summed E-state index contributed by atoms with van der Waals surface area (Å²) in [7, 11) is 0. The molecule has 1 saturated carbocycles. The summed E-state index contributed by atoms with van der Waals surface area (Å²) in [6.07, 6.45) is 2.21. The van der Waals surface area contributed by atoms with E-state index in [1.54, 1.807) is 0 Å². The van der Waals surface area contributed by atoms with Crippen LogP contribution in [-0.4, -0.2) is 11.7 Å². The fourth-order valence-corrected chi connectivity index (χ4v) is 2.35. The summed E-state index contributed by atoms with van der Waals surface area (Å²) in [4.78, 5) is 11.9. The largest absolute Gasteiger partial charge is 0.299 e. The van der Waals surface area contributed by atoms with Crippen molar-refractivity contribution in [3.05, 3.63) is 0 Å². The topological polar surface area (TPSA) is 17.1 Å². The molecule has 0 saturated heterocycles. The van der Waals surface area contributed by atoms with Crippen LogP contribution >= 0.6 is 0 Å². The Balaban J connectivity index is 2.49. The lowest BCUT2D eigenvalue weighted by Gasteiger charge is -2.29. The van der Waals surface area contributed by atoms with Gasteiger partial charge in [0, 0.05) is 24.7 Å². The van der Waals surface area contributed by atoms with Crippen molar-refractivity contribution in [3.63, 3.8) is 0 Å². The Kier molecular flexibility index (Phi) is 4.23. The first-order valence-electron chi connectivity index (χ1n) is 5.91. The molecule has 0 spiro atoms. The van der Waals surface area contributed by atoms with E-state index in [4.69, 9.17) is 0 Å². The standard InChI is InChI=1S/C12H20F2O/c1-3-9(4-2)11(15)10-5-7-12(13,14)8-6-10/h9-10H,3-8H2,1-2H3. The molecule has 0 aromatic rings. The van der Waals surface area contributed by atoms with Crippen molar-refractivity contribution in [2.45, 2.75) is 58.3 Å². The molecule has 0 heterocycles. The first kappa shape index (κ1) is 12.6. The smallest absolute Gasteiger partial charge is 0.248 e. The molecular weight excluding hydrogens is 198 g/mol. The number of halogens is 2. The van der Waals surface area contributed by atoms with E-state index in [0.717, 1.165) is 12.8 Å². The third kappa shape index (κ3) is 3.25. The minimum Gasteiger partial charge on any atom is -0.299 e. The van der Waals surface area contributed by atoms with E-state index < -0.39 is 5.92 Å². The van der Waals surface area contributed by atoms with E-state index >= 15 is 0 Å². The van der Waals surface area contributed by atoms with Crippen molar-refractivity contribution in [3.8, 4) is 0 Å². The number of carbonyl (C=O) groups is 1. The first-order chi connectivity index (χ1) is 7.00. The molecule has 1 nitrogen and oxygen atoms in total. The number of alkyl halides is 2. The third-order valence-corrected chi connectivity index (χ3v) is 3.51. The molecule has 0 N–H and O–H groups in total. The van der Waals surface area contributed by atoms with Gasteiger partial charge in [-0.25, -0.2) is 8.78 Å². The lowest BCUT2D eigenvalue weighted by atomic mass is 9.79. The zero-order chi connectivity index (χ0) is 11.5. The number of hydrogen-bond acceptors (Lipinski definition) is 1. The molecular formula is C12H20F2O. The van der Waals surface area contributed by atoms with Crippen LogP contribution in [0, 0.1) is 11.8 Å². The van der Waals surface area contributed by atoms with Crippen molar-refractivity contribution in [2.75, 3.05) is 0 Å². The zero-order valence-electron chi connectivity index (χ0n) is 9.56. The van der Waals surface area contributed by atoms with Crippen molar-refractivity contribution in [1.82, 2.24) is 0 Å². The highest BCUT2D eigenvalue weighted by Gasteiger charge is 2.38. The van der Waals surface area contributed by atoms with Gasteiger partial charge in [-0.15, -0.1) is 0 Å². The molecule has 1 aliphatic carbocycles. The van der Waals surface area contributed by atoms with Crippen molar-refractivity contribution >= 4 is 5.78 Å². The van der Waals surface area contributed by atoms with Gasteiger partial charge in [-0.2, -0.15) is 0 Å². The fourth-order valence-electron chi connectivity index (χ4n) is 2.35. The summed E-state index contributed by atoms with van der Waals surface area (Å²) in [5, 5.41) is 0. The summed E-state index contributed by atoms with van der Waals surface area (Å²) in [5.74, 6) is -2.32. The Morgan fingerprint density at radius 1 is 1.27 bits per heavy atom. The third-order valence-electron chi connectivity index (χ3n) is 3.51. The normalized spacial score (nSPS) is 21.9. The summed E-state index contributed by atoms with van der Waals surface area (Å²) in [6.45, 7) is 3.98. The van der Waals surface area contributed by atoms with Gasteiger partial charge in [-0.1, -0.05) is 13.8 Å². The first-order valence-corrected chi connectivity index (χ1v) is 5.91. The summed E-state index contributed by atoms with van der Waals surface area (Å²) in [5.41, 5.74) is 0. The van der Waals surface area contributed by atoms with E-state index in [2.05, 4.69) is 0 Å². The van der Waals surface area contributed by atoms with E-state index in [9.17, 15) is 13.6 Å². The Hall–Kier alpha value is -0.470. The summed E-state index contributed by atoms with van der Waals surface area (Å²) < 4.78 is 25.8. The second-order valence-electron chi connectivity index (χ2n) is 4.55. The molecule has 1 aliphatic rings.